The van der Waals surface area contributed by atoms with Gasteiger partial charge in [-0.05, 0) is 6.92 Å². The maximum atomic E-state index is 4.81. The summed E-state index contributed by atoms with van der Waals surface area (Å²) in [5.74, 6) is 0. The summed E-state index contributed by atoms with van der Waals surface area (Å²) in [6, 6.07) is 0. The summed E-state index contributed by atoms with van der Waals surface area (Å²) in [6.45, 7) is 3.88. The molecule has 0 aliphatic carbocycles. The van der Waals surface area contributed by atoms with Crippen LogP contribution in [0.15, 0.2) is 0 Å². The second kappa shape index (κ2) is 0.977. The Morgan fingerprint density at radius 3 is 2.40 bits per heavy atom. The van der Waals surface area contributed by atoms with Crippen molar-refractivity contribution < 1.29 is 4.74 Å². The van der Waals surface area contributed by atoms with Crippen molar-refractivity contribution >= 4 is 0 Å². The summed E-state index contributed by atoms with van der Waals surface area (Å²) in [7, 11) is 0. The van der Waals surface area contributed by atoms with Gasteiger partial charge in [0.2, 0.25) is 0 Å². The van der Waals surface area contributed by atoms with Crippen LogP contribution in [-0.4, -0.2) is 6.10 Å². The van der Waals surface area contributed by atoms with Crippen LogP contribution in [0, 0.1) is 6.61 Å². The summed E-state index contributed by atoms with van der Waals surface area (Å²) >= 11 is 0. The average Bonchev–Trinajstić information content (AvgIpc) is 1.30. The normalized spacial score (nSPS) is 36.6. The smallest absolute Gasteiger partial charge is 0.0866 e. The molecule has 0 N–H and O–H groups in total. The van der Waals surface area contributed by atoms with Crippen molar-refractivity contribution in [1.29, 1.82) is 0 Å². The standard InChI is InChI=1S/C4H7O/c1-4-2-3-5-4/h3-4H,2H2,1H3. The minimum Gasteiger partial charge on any atom is -0.372 e. The lowest BCUT2D eigenvalue weighted by molar-refractivity contribution is 0.0231. The first kappa shape index (κ1) is 3.16. The summed E-state index contributed by atoms with van der Waals surface area (Å²) in [6.07, 6.45) is 1.65. The van der Waals surface area contributed by atoms with Gasteiger partial charge in [0.1, 0.15) is 0 Å². The second-order valence-electron chi connectivity index (χ2n) is 1.35. The maximum Gasteiger partial charge on any atom is 0.0866 e. The molecule has 1 unspecified atom stereocenters. The van der Waals surface area contributed by atoms with Gasteiger partial charge >= 0.3 is 0 Å². The molecule has 1 rings (SSSR count). The topological polar surface area (TPSA) is 9.23 Å². The van der Waals surface area contributed by atoms with Gasteiger partial charge in [0.15, 0.2) is 0 Å². The van der Waals surface area contributed by atoms with Crippen LogP contribution in [0.5, 0.6) is 0 Å². The van der Waals surface area contributed by atoms with E-state index in [1.807, 2.05) is 6.61 Å². The van der Waals surface area contributed by atoms with E-state index in [1.165, 1.54) is 0 Å². The SMILES string of the molecule is CC1C[CH]O1. The summed E-state index contributed by atoms with van der Waals surface area (Å²) in [5.41, 5.74) is 0. The van der Waals surface area contributed by atoms with Crippen LogP contribution in [0.2, 0.25) is 0 Å². The molecule has 1 aliphatic heterocycles. The van der Waals surface area contributed by atoms with E-state index in [4.69, 9.17) is 4.74 Å². The van der Waals surface area contributed by atoms with Crippen molar-refractivity contribution in [1.82, 2.24) is 0 Å². The molecule has 29 valence electrons. The van der Waals surface area contributed by atoms with Gasteiger partial charge in [-0.1, -0.05) is 0 Å². The molecule has 0 aromatic carbocycles. The molecule has 0 saturated carbocycles. The van der Waals surface area contributed by atoms with Gasteiger partial charge in [-0.25, -0.2) is 0 Å². The van der Waals surface area contributed by atoms with Gasteiger partial charge in [-0.15, -0.1) is 0 Å². The van der Waals surface area contributed by atoms with Gasteiger partial charge in [0.25, 0.3) is 0 Å². The summed E-state index contributed by atoms with van der Waals surface area (Å²) in [4.78, 5) is 0. The highest BCUT2D eigenvalue weighted by atomic mass is 16.5. The average molecular weight is 71.1 g/mol. The maximum absolute atomic E-state index is 4.81. The number of ether oxygens (including phenoxy) is 1. The lowest BCUT2D eigenvalue weighted by Crippen LogP contribution is -2.16. The van der Waals surface area contributed by atoms with E-state index in [0.29, 0.717) is 6.10 Å². The van der Waals surface area contributed by atoms with E-state index >= 15 is 0 Å². The third-order valence-corrected chi connectivity index (χ3v) is 0.757. The molecule has 0 aromatic rings. The van der Waals surface area contributed by atoms with Crippen LogP contribution in [0.4, 0.5) is 0 Å². The Balaban J connectivity index is 2.08. The van der Waals surface area contributed by atoms with Crippen LogP contribution < -0.4 is 0 Å². The molecule has 1 fully saturated rings. The van der Waals surface area contributed by atoms with Gasteiger partial charge in [-0.2, -0.15) is 0 Å². The Kier molecular flexibility index (Phi) is 0.618. The fourth-order valence-corrected chi connectivity index (χ4v) is 0.289. The van der Waals surface area contributed by atoms with Gasteiger partial charge in [0.05, 0.1) is 12.7 Å². The zero-order valence-corrected chi connectivity index (χ0v) is 3.27. The highest BCUT2D eigenvalue weighted by molar-refractivity contribution is 4.69. The predicted octanol–water partition coefficient (Wildman–Crippen LogP) is 0.957. The number of hydrogen-bond acceptors (Lipinski definition) is 1. The zero-order valence-electron chi connectivity index (χ0n) is 3.27. The van der Waals surface area contributed by atoms with Crippen molar-refractivity contribution in [2.24, 2.45) is 0 Å². The minimum atomic E-state index is 0.509. The van der Waals surface area contributed by atoms with Crippen molar-refractivity contribution in [3.8, 4) is 0 Å². The first-order valence-electron chi connectivity index (χ1n) is 1.87. The Morgan fingerprint density at radius 1 is 2.00 bits per heavy atom. The van der Waals surface area contributed by atoms with Crippen molar-refractivity contribution in [3.63, 3.8) is 0 Å². The molecule has 1 aliphatic rings. The molecule has 1 nitrogen and oxygen atoms in total. The lowest BCUT2D eigenvalue weighted by Gasteiger charge is -2.19. The minimum absolute atomic E-state index is 0.509. The highest BCUT2D eigenvalue weighted by Crippen LogP contribution is 2.12. The number of hydrogen-bond donors (Lipinski definition) is 0. The first-order valence-corrected chi connectivity index (χ1v) is 1.87. The fraction of sp³-hybridized carbons (Fsp3) is 0.750. The van der Waals surface area contributed by atoms with Crippen LogP contribution >= 0.6 is 0 Å². The molecule has 1 heteroatoms. The fourth-order valence-electron chi connectivity index (χ4n) is 0.289. The zero-order chi connectivity index (χ0) is 3.70. The van der Waals surface area contributed by atoms with Gasteiger partial charge in [-0.3, -0.25) is 0 Å². The van der Waals surface area contributed by atoms with E-state index in [-0.39, 0.29) is 0 Å². The Morgan fingerprint density at radius 2 is 2.40 bits per heavy atom. The van der Waals surface area contributed by atoms with Crippen LogP contribution in [0.25, 0.3) is 0 Å². The molecular formula is C4H7O. The third kappa shape index (κ3) is 0.428. The Hall–Kier alpha value is -0.0400. The highest BCUT2D eigenvalue weighted by Gasteiger charge is 2.10. The van der Waals surface area contributed by atoms with Crippen LogP contribution in [0.1, 0.15) is 13.3 Å². The van der Waals surface area contributed by atoms with Gasteiger partial charge in [0, 0.05) is 6.42 Å². The molecule has 0 spiro atoms. The van der Waals surface area contributed by atoms with E-state index in [1.54, 1.807) is 0 Å². The molecule has 1 radical (unpaired) electrons. The van der Waals surface area contributed by atoms with Gasteiger partial charge < -0.3 is 4.74 Å². The summed E-state index contributed by atoms with van der Waals surface area (Å²) < 4.78 is 4.81. The molecular weight excluding hydrogens is 64.0 g/mol. The summed E-state index contributed by atoms with van der Waals surface area (Å²) in [5, 5.41) is 0. The molecule has 1 saturated heterocycles. The van der Waals surface area contributed by atoms with Crippen LogP contribution in [0.3, 0.4) is 0 Å². The molecule has 0 amide bonds. The van der Waals surface area contributed by atoms with E-state index in [0.717, 1.165) is 6.42 Å². The van der Waals surface area contributed by atoms with Crippen LogP contribution in [-0.2, 0) is 4.74 Å². The monoisotopic (exact) mass is 71.0 g/mol. The lowest BCUT2D eigenvalue weighted by atomic mass is 10.2. The molecule has 5 heavy (non-hydrogen) atoms. The number of rotatable bonds is 0. The molecule has 1 heterocycles. The Labute approximate surface area is 31.9 Å². The van der Waals surface area contributed by atoms with E-state index in [9.17, 15) is 0 Å². The van der Waals surface area contributed by atoms with Crippen molar-refractivity contribution in [2.45, 2.75) is 19.4 Å². The van der Waals surface area contributed by atoms with Crippen molar-refractivity contribution in [2.75, 3.05) is 0 Å². The molecule has 1 atom stereocenters. The largest absolute Gasteiger partial charge is 0.372 e. The quantitative estimate of drug-likeness (QED) is 0.413. The van der Waals surface area contributed by atoms with E-state index < -0.39 is 0 Å². The first-order chi connectivity index (χ1) is 2.39. The van der Waals surface area contributed by atoms with Crippen molar-refractivity contribution in [3.05, 3.63) is 6.61 Å². The second-order valence-corrected chi connectivity index (χ2v) is 1.35. The molecule has 0 bridgehead atoms. The predicted molar refractivity (Wildman–Crippen MR) is 19.5 cm³/mol. The van der Waals surface area contributed by atoms with E-state index in [2.05, 4.69) is 6.92 Å². The molecule has 0 aromatic heterocycles. The third-order valence-electron chi connectivity index (χ3n) is 0.757. The Bertz CT molecular complexity index is 30.6.